The summed E-state index contributed by atoms with van der Waals surface area (Å²) >= 11 is 0. The number of carbonyl (C=O) groups excluding carboxylic acids is 2. The van der Waals surface area contributed by atoms with E-state index in [2.05, 4.69) is 5.32 Å². The van der Waals surface area contributed by atoms with E-state index in [0.29, 0.717) is 19.4 Å². The number of halogens is 1. The van der Waals surface area contributed by atoms with Crippen molar-refractivity contribution in [3.8, 4) is 0 Å². The van der Waals surface area contributed by atoms with E-state index in [1.807, 2.05) is 4.72 Å². The lowest BCUT2D eigenvalue weighted by Gasteiger charge is -2.23. The molecule has 1 aromatic heterocycles. The Morgan fingerprint density at radius 3 is 2.74 bits per heavy atom. The summed E-state index contributed by atoms with van der Waals surface area (Å²) < 4.78 is 43.5. The zero-order valence-corrected chi connectivity index (χ0v) is 15.3. The van der Waals surface area contributed by atoms with Gasteiger partial charge in [-0.25, -0.2) is 12.8 Å². The summed E-state index contributed by atoms with van der Waals surface area (Å²) in [6.07, 6.45) is 3.42. The van der Waals surface area contributed by atoms with Crippen molar-refractivity contribution in [2.24, 2.45) is 0 Å². The quantitative estimate of drug-likeness (QED) is 0.805. The number of likely N-dealkylation sites (tertiary alicyclic amines) is 1. The molecule has 0 saturated carbocycles. The van der Waals surface area contributed by atoms with E-state index in [4.69, 9.17) is 4.42 Å². The van der Waals surface area contributed by atoms with Crippen molar-refractivity contribution < 1.29 is 26.8 Å². The van der Waals surface area contributed by atoms with Gasteiger partial charge in [0, 0.05) is 12.2 Å². The van der Waals surface area contributed by atoms with Gasteiger partial charge in [-0.2, -0.15) is 0 Å². The molecule has 0 bridgehead atoms. The summed E-state index contributed by atoms with van der Waals surface area (Å²) in [6, 6.07) is 5.96. The van der Waals surface area contributed by atoms with E-state index in [-0.39, 0.29) is 23.0 Å². The van der Waals surface area contributed by atoms with Crippen molar-refractivity contribution >= 4 is 33.2 Å². The first-order chi connectivity index (χ1) is 12.7. The lowest BCUT2D eigenvalue weighted by atomic mass is 10.2. The summed E-state index contributed by atoms with van der Waals surface area (Å²) in [7, 11) is -3.67. The summed E-state index contributed by atoms with van der Waals surface area (Å²) in [5, 5.41) is 2.60. The number of amides is 2. The maximum absolute atomic E-state index is 13.8. The van der Waals surface area contributed by atoms with Crippen LogP contribution < -0.4 is 10.0 Å². The predicted octanol–water partition coefficient (Wildman–Crippen LogP) is 2.03. The van der Waals surface area contributed by atoms with E-state index in [1.165, 1.54) is 29.4 Å². The number of nitrogens with zero attached hydrogens (tertiary/aromatic N) is 1. The van der Waals surface area contributed by atoms with Crippen LogP contribution in [0.15, 0.2) is 41.0 Å². The Balaban J connectivity index is 1.75. The fourth-order valence-corrected chi connectivity index (χ4v) is 3.49. The third-order valence-electron chi connectivity index (χ3n) is 4.08. The minimum Gasteiger partial charge on any atom is -0.459 e. The molecule has 1 fully saturated rings. The highest BCUT2D eigenvalue weighted by molar-refractivity contribution is 7.92. The van der Waals surface area contributed by atoms with Gasteiger partial charge in [0.2, 0.25) is 15.9 Å². The first kappa shape index (κ1) is 18.9. The van der Waals surface area contributed by atoms with Gasteiger partial charge in [-0.15, -0.1) is 0 Å². The van der Waals surface area contributed by atoms with Gasteiger partial charge < -0.3 is 14.6 Å². The van der Waals surface area contributed by atoms with Crippen molar-refractivity contribution in [1.29, 1.82) is 0 Å². The van der Waals surface area contributed by atoms with Crippen LogP contribution in [0.2, 0.25) is 0 Å². The fourth-order valence-electron chi connectivity index (χ4n) is 2.93. The average Bonchev–Trinajstić information content (AvgIpc) is 3.27. The Hall–Kier alpha value is -2.88. The molecule has 3 rings (SSSR count). The van der Waals surface area contributed by atoms with Crippen LogP contribution in [0.1, 0.15) is 23.4 Å². The smallest absolute Gasteiger partial charge is 0.290 e. The minimum absolute atomic E-state index is 0.149. The number of hydrogen-bond acceptors (Lipinski definition) is 5. The third-order valence-corrected chi connectivity index (χ3v) is 4.67. The van der Waals surface area contributed by atoms with Crippen LogP contribution in [0, 0.1) is 5.82 Å². The van der Waals surface area contributed by atoms with E-state index < -0.39 is 27.8 Å². The highest BCUT2D eigenvalue weighted by atomic mass is 32.2. The number of furan rings is 1. The lowest BCUT2D eigenvalue weighted by Crippen LogP contribution is -2.43. The molecule has 2 aromatic rings. The number of rotatable bonds is 5. The largest absolute Gasteiger partial charge is 0.459 e. The Kier molecular flexibility index (Phi) is 5.17. The number of sulfonamides is 1. The van der Waals surface area contributed by atoms with Gasteiger partial charge in [-0.3, -0.25) is 14.3 Å². The second kappa shape index (κ2) is 7.39. The van der Waals surface area contributed by atoms with Crippen LogP contribution >= 0.6 is 0 Å². The maximum atomic E-state index is 13.8. The number of hydrogen-bond donors (Lipinski definition) is 2. The molecule has 2 heterocycles. The Morgan fingerprint density at radius 2 is 2.07 bits per heavy atom. The third kappa shape index (κ3) is 4.45. The Labute approximate surface area is 155 Å². The Morgan fingerprint density at radius 1 is 1.30 bits per heavy atom. The highest BCUT2D eigenvalue weighted by Crippen LogP contribution is 2.24. The number of carbonyl (C=O) groups is 2. The van der Waals surface area contributed by atoms with Crippen molar-refractivity contribution in [1.82, 2.24) is 4.90 Å². The molecule has 8 nitrogen and oxygen atoms in total. The number of benzene rings is 1. The lowest BCUT2D eigenvalue weighted by molar-refractivity contribution is -0.119. The summed E-state index contributed by atoms with van der Waals surface area (Å²) in [4.78, 5) is 26.5. The van der Waals surface area contributed by atoms with Crippen molar-refractivity contribution in [2.45, 2.75) is 18.9 Å². The van der Waals surface area contributed by atoms with Crippen molar-refractivity contribution in [3.63, 3.8) is 0 Å². The Bertz CT molecular complexity index is 959. The molecule has 1 unspecified atom stereocenters. The topological polar surface area (TPSA) is 109 Å². The van der Waals surface area contributed by atoms with E-state index in [0.717, 1.165) is 12.3 Å². The van der Waals surface area contributed by atoms with Gasteiger partial charge in [0.15, 0.2) is 5.76 Å². The van der Waals surface area contributed by atoms with Gasteiger partial charge in [0.25, 0.3) is 5.91 Å². The molecule has 1 aliphatic rings. The molecule has 144 valence electrons. The molecule has 2 N–H and O–H groups in total. The molecule has 27 heavy (non-hydrogen) atoms. The van der Waals surface area contributed by atoms with Crippen LogP contribution in [-0.4, -0.2) is 44.0 Å². The molecule has 0 spiro atoms. The first-order valence-corrected chi connectivity index (χ1v) is 10.1. The van der Waals surface area contributed by atoms with Crippen LogP contribution in [0.3, 0.4) is 0 Å². The second-order valence-electron chi connectivity index (χ2n) is 6.19. The average molecular weight is 395 g/mol. The molecule has 10 heteroatoms. The predicted molar refractivity (Wildman–Crippen MR) is 96.3 cm³/mol. The first-order valence-electron chi connectivity index (χ1n) is 8.17. The van der Waals surface area contributed by atoms with Gasteiger partial charge >= 0.3 is 0 Å². The molecule has 1 aliphatic heterocycles. The van der Waals surface area contributed by atoms with E-state index >= 15 is 0 Å². The zero-order valence-electron chi connectivity index (χ0n) is 14.4. The summed E-state index contributed by atoms with van der Waals surface area (Å²) in [5.41, 5.74) is -0.0601. The van der Waals surface area contributed by atoms with Gasteiger partial charge in [0.05, 0.1) is 18.2 Å². The van der Waals surface area contributed by atoms with Crippen molar-refractivity contribution in [2.75, 3.05) is 22.8 Å². The van der Waals surface area contributed by atoms with Crippen molar-refractivity contribution in [3.05, 3.63) is 48.2 Å². The highest BCUT2D eigenvalue weighted by Gasteiger charge is 2.35. The van der Waals surface area contributed by atoms with Gasteiger partial charge in [0.1, 0.15) is 11.9 Å². The number of anilines is 2. The van der Waals surface area contributed by atoms with Gasteiger partial charge in [-0.1, -0.05) is 0 Å². The normalized spacial score (nSPS) is 17.0. The van der Waals surface area contributed by atoms with Crippen LogP contribution in [0.5, 0.6) is 0 Å². The summed E-state index contributed by atoms with van der Waals surface area (Å²) in [6.45, 7) is 0.419. The van der Waals surface area contributed by atoms with Crippen LogP contribution in [0.25, 0.3) is 0 Å². The second-order valence-corrected chi connectivity index (χ2v) is 7.94. The molecular formula is C17H18FN3O5S. The van der Waals surface area contributed by atoms with E-state index in [1.54, 1.807) is 6.07 Å². The molecule has 1 aromatic carbocycles. The molecular weight excluding hydrogens is 377 g/mol. The van der Waals surface area contributed by atoms with E-state index in [9.17, 15) is 22.4 Å². The van der Waals surface area contributed by atoms with Crippen LogP contribution in [0.4, 0.5) is 15.8 Å². The van der Waals surface area contributed by atoms with Crippen LogP contribution in [-0.2, 0) is 14.8 Å². The molecule has 1 saturated heterocycles. The summed E-state index contributed by atoms with van der Waals surface area (Å²) in [5.74, 6) is -1.44. The molecule has 1 atom stereocenters. The molecule has 2 amide bonds. The molecule has 0 aliphatic carbocycles. The maximum Gasteiger partial charge on any atom is 0.290 e. The molecule has 0 radical (unpaired) electrons. The monoisotopic (exact) mass is 395 g/mol. The number of nitrogens with one attached hydrogen (secondary N) is 2. The SMILES string of the molecule is CS(=O)(=O)Nc1cc(NC(=O)C2CCCN2C(=O)c2ccco2)ccc1F. The zero-order chi connectivity index (χ0) is 19.6. The standard InChI is InChI=1S/C17H18FN3O5S/c1-27(24,25)20-13-10-11(6-7-12(13)18)19-16(22)14-4-2-8-21(14)17(23)15-5-3-9-26-15/h3,5-7,9-10,14,20H,2,4,8H2,1H3,(H,19,22). The minimum atomic E-state index is -3.67. The fraction of sp³-hybridized carbons (Fsp3) is 0.294. The van der Waals surface area contributed by atoms with Gasteiger partial charge in [-0.05, 0) is 43.2 Å².